The molecule has 1 fully saturated rings. The van der Waals surface area contributed by atoms with Crippen LogP contribution in [0.4, 0.5) is 0 Å². The average molecular weight is 287 g/mol. The van der Waals surface area contributed by atoms with Crippen molar-refractivity contribution in [2.75, 3.05) is 0 Å². The van der Waals surface area contributed by atoms with Gasteiger partial charge in [0.2, 0.25) is 0 Å². The molecule has 2 aromatic rings. The van der Waals surface area contributed by atoms with E-state index in [2.05, 4.69) is 48.0 Å². The summed E-state index contributed by atoms with van der Waals surface area (Å²) >= 11 is 0. The molecule has 0 spiro atoms. The van der Waals surface area contributed by atoms with E-state index in [1.54, 1.807) is 0 Å². The Morgan fingerprint density at radius 1 is 1.29 bits per heavy atom. The Morgan fingerprint density at radius 3 is 2.76 bits per heavy atom. The van der Waals surface area contributed by atoms with Gasteiger partial charge in [-0.05, 0) is 50.3 Å². The van der Waals surface area contributed by atoms with Crippen molar-refractivity contribution in [2.45, 2.75) is 65.6 Å². The second kappa shape index (κ2) is 6.06. The lowest BCUT2D eigenvalue weighted by atomic mass is 10.2. The molecule has 0 unspecified atom stereocenters. The highest BCUT2D eigenvalue weighted by Gasteiger charge is 2.21. The molecular formula is C17H25N3O. The third-order valence-corrected chi connectivity index (χ3v) is 4.14. The average Bonchev–Trinajstić information content (AvgIpc) is 3.13. The zero-order valence-electron chi connectivity index (χ0n) is 13.3. The van der Waals surface area contributed by atoms with E-state index in [9.17, 15) is 0 Å². The first-order valence-corrected chi connectivity index (χ1v) is 8.06. The van der Waals surface area contributed by atoms with Gasteiger partial charge in [0.15, 0.2) is 0 Å². The first-order valence-electron chi connectivity index (χ1n) is 8.06. The molecule has 0 amide bonds. The normalized spacial score (nSPS) is 14.8. The summed E-state index contributed by atoms with van der Waals surface area (Å²) < 4.78 is 8.09. The van der Waals surface area contributed by atoms with Crippen molar-refractivity contribution < 1.29 is 4.42 Å². The molecule has 0 aliphatic heterocycles. The molecule has 2 aromatic heterocycles. The summed E-state index contributed by atoms with van der Waals surface area (Å²) in [5.74, 6) is 2.07. The Morgan fingerprint density at radius 2 is 2.10 bits per heavy atom. The maximum atomic E-state index is 6.02. The lowest BCUT2D eigenvalue weighted by Gasteiger charge is -2.03. The summed E-state index contributed by atoms with van der Waals surface area (Å²) in [6.45, 7) is 8.01. The van der Waals surface area contributed by atoms with Crippen molar-refractivity contribution in [3.05, 3.63) is 40.6 Å². The molecule has 0 aromatic carbocycles. The molecule has 1 aliphatic carbocycles. The second-order valence-corrected chi connectivity index (χ2v) is 5.97. The fourth-order valence-corrected chi connectivity index (χ4v) is 2.62. The van der Waals surface area contributed by atoms with Crippen molar-refractivity contribution in [1.82, 2.24) is 15.1 Å². The minimum Gasteiger partial charge on any atom is -0.462 e. The van der Waals surface area contributed by atoms with Gasteiger partial charge in [0.05, 0.1) is 18.8 Å². The number of hydrogen-bond donors (Lipinski definition) is 1. The van der Waals surface area contributed by atoms with Gasteiger partial charge in [0.25, 0.3) is 0 Å². The fourth-order valence-electron chi connectivity index (χ4n) is 2.62. The summed E-state index contributed by atoms with van der Waals surface area (Å²) in [6.07, 6.45) is 4.59. The van der Waals surface area contributed by atoms with E-state index in [0.29, 0.717) is 6.04 Å². The molecule has 21 heavy (non-hydrogen) atoms. The fraction of sp³-hybridized carbons (Fsp3) is 0.588. The van der Waals surface area contributed by atoms with E-state index in [-0.39, 0.29) is 0 Å². The molecule has 4 nitrogen and oxygen atoms in total. The van der Waals surface area contributed by atoms with Crippen molar-refractivity contribution in [1.29, 1.82) is 0 Å². The molecule has 0 radical (unpaired) electrons. The van der Waals surface area contributed by atoms with Crippen molar-refractivity contribution in [3.63, 3.8) is 0 Å². The van der Waals surface area contributed by atoms with Crippen LogP contribution < -0.4 is 5.32 Å². The van der Waals surface area contributed by atoms with E-state index < -0.39 is 0 Å². The first kappa shape index (κ1) is 14.4. The quantitative estimate of drug-likeness (QED) is 0.850. The Bertz CT molecular complexity index is 608. The molecule has 0 atom stereocenters. The Kier molecular flexibility index (Phi) is 4.15. The van der Waals surface area contributed by atoms with Crippen molar-refractivity contribution >= 4 is 0 Å². The molecule has 0 saturated heterocycles. The maximum absolute atomic E-state index is 6.02. The van der Waals surface area contributed by atoms with Crippen LogP contribution in [0.2, 0.25) is 0 Å². The molecule has 3 rings (SSSR count). The highest BCUT2D eigenvalue weighted by molar-refractivity contribution is 5.21. The number of aromatic nitrogens is 2. The standard InChI is InChI=1S/C17H25N3O/c1-4-13-9-15(5-2)20(19-13)11-16-8-12(3)17(21-16)10-18-14-6-7-14/h8-9,14,18H,4-7,10-11H2,1-3H3. The summed E-state index contributed by atoms with van der Waals surface area (Å²) in [4.78, 5) is 0. The number of hydrogen-bond acceptors (Lipinski definition) is 3. The Balaban J connectivity index is 1.71. The SMILES string of the molecule is CCc1cc(CC)n(Cc2cc(C)c(CNC3CC3)o2)n1. The van der Waals surface area contributed by atoms with Crippen LogP contribution in [0.5, 0.6) is 0 Å². The zero-order valence-corrected chi connectivity index (χ0v) is 13.3. The van der Waals surface area contributed by atoms with Gasteiger partial charge in [0, 0.05) is 11.7 Å². The van der Waals surface area contributed by atoms with E-state index in [4.69, 9.17) is 4.42 Å². The molecule has 1 saturated carbocycles. The number of rotatable bonds is 7. The van der Waals surface area contributed by atoms with Crippen LogP contribution >= 0.6 is 0 Å². The van der Waals surface area contributed by atoms with Gasteiger partial charge in [-0.25, -0.2) is 0 Å². The monoisotopic (exact) mass is 287 g/mol. The van der Waals surface area contributed by atoms with Gasteiger partial charge in [-0.3, -0.25) is 4.68 Å². The van der Waals surface area contributed by atoms with E-state index in [0.717, 1.165) is 43.1 Å². The van der Waals surface area contributed by atoms with Gasteiger partial charge in [-0.1, -0.05) is 13.8 Å². The number of furan rings is 1. The predicted octanol–water partition coefficient (Wildman–Crippen LogP) is 3.21. The third-order valence-electron chi connectivity index (χ3n) is 4.14. The first-order chi connectivity index (χ1) is 10.2. The van der Waals surface area contributed by atoms with Gasteiger partial charge in [-0.15, -0.1) is 0 Å². The third kappa shape index (κ3) is 3.38. The molecule has 114 valence electrons. The molecule has 2 heterocycles. The van der Waals surface area contributed by atoms with Crippen LogP contribution in [-0.4, -0.2) is 15.8 Å². The lowest BCUT2D eigenvalue weighted by molar-refractivity contribution is 0.425. The van der Waals surface area contributed by atoms with Crippen LogP contribution in [0.1, 0.15) is 55.2 Å². The van der Waals surface area contributed by atoms with Crippen molar-refractivity contribution in [3.8, 4) is 0 Å². The number of nitrogens with one attached hydrogen (secondary N) is 1. The van der Waals surface area contributed by atoms with Crippen LogP contribution in [0, 0.1) is 6.92 Å². The number of aryl methyl sites for hydroxylation is 3. The zero-order chi connectivity index (χ0) is 14.8. The molecule has 1 N–H and O–H groups in total. The maximum Gasteiger partial charge on any atom is 0.126 e. The van der Waals surface area contributed by atoms with Crippen LogP contribution in [-0.2, 0) is 25.9 Å². The molecule has 4 heteroatoms. The molecule has 0 bridgehead atoms. The highest BCUT2D eigenvalue weighted by atomic mass is 16.3. The summed E-state index contributed by atoms with van der Waals surface area (Å²) in [5, 5.41) is 8.17. The molecule has 1 aliphatic rings. The van der Waals surface area contributed by atoms with E-state index >= 15 is 0 Å². The summed E-state index contributed by atoms with van der Waals surface area (Å²) in [7, 11) is 0. The summed E-state index contributed by atoms with van der Waals surface area (Å²) in [5.41, 5.74) is 3.67. The predicted molar refractivity (Wildman–Crippen MR) is 83.4 cm³/mol. The van der Waals surface area contributed by atoms with Crippen LogP contribution in [0.25, 0.3) is 0 Å². The Hall–Kier alpha value is -1.55. The van der Waals surface area contributed by atoms with E-state index in [1.165, 1.54) is 24.1 Å². The Labute approximate surface area is 126 Å². The van der Waals surface area contributed by atoms with Crippen LogP contribution in [0.15, 0.2) is 16.5 Å². The number of nitrogens with zero attached hydrogens (tertiary/aromatic N) is 2. The molecular weight excluding hydrogens is 262 g/mol. The largest absolute Gasteiger partial charge is 0.462 e. The van der Waals surface area contributed by atoms with Crippen molar-refractivity contribution in [2.24, 2.45) is 0 Å². The highest BCUT2D eigenvalue weighted by Crippen LogP contribution is 2.21. The van der Waals surface area contributed by atoms with Gasteiger partial charge in [0.1, 0.15) is 11.5 Å². The minimum atomic E-state index is 0.711. The minimum absolute atomic E-state index is 0.711. The smallest absolute Gasteiger partial charge is 0.126 e. The second-order valence-electron chi connectivity index (χ2n) is 5.97. The topological polar surface area (TPSA) is 43.0 Å². The lowest BCUT2D eigenvalue weighted by Crippen LogP contribution is -2.15. The van der Waals surface area contributed by atoms with Crippen LogP contribution in [0.3, 0.4) is 0 Å². The van der Waals surface area contributed by atoms with E-state index in [1.807, 2.05) is 0 Å². The van der Waals surface area contributed by atoms with Gasteiger partial charge < -0.3 is 9.73 Å². The van der Waals surface area contributed by atoms with Gasteiger partial charge >= 0.3 is 0 Å². The summed E-state index contributed by atoms with van der Waals surface area (Å²) in [6, 6.07) is 5.06. The van der Waals surface area contributed by atoms with Gasteiger partial charge in [-0.2, -0.15) is 5.10 Å².